The highest BCUT2D eigenvalue weighted by Gasteiger charge is 2.30. The Balaban J connectivity index is 0.00000241. The molecule has 0 unspecified atom stereocenters. The van der Waals surface area contributed by atoms with Gasteiger partial charge in [-0.3, -0.25) is 9.89 Å². The second-order valence-corrected chi connectivity index (χ2v) is 9.71. The molecule has 0 radical (unpaired) electrons. The zero-order valence-electron chi connectivity index (χ0n) is 19.5. The van der Waals surface area contributed by atoms with E-state index in [0.29, 0.717) is 22.4 Å². The van der Waals surface area contributed by atoms with Gasteiger partial charge in [0.05, 0.1) is 0 Å². The van der Waals surface area contributed by atoms with Crippen molar-refractivity contribution in [3.63, 3.8) is 0 Å². The van der Waals surface area contributed by atoms with Crippen molar-refractivity contribution >= 4 is 35.0 Å². The lowest BCUT2D eigenvalue weighted by Gasteiger charge is -2.36. The van der Waals surface area contributed by atoms with E-state index in [9.17, 15) is 18.0 Å². The predicted molar refractivity (Wildman–Crippen MR) is 133 cm³/mol. The maximum atomic E-state index is 12.4. The summed E-state index contributed by atoms with van der Waals surface area (Å²) in [4.78, 5) is 23.9. The Morgan fingerprint density at radius 2 is 1.86 bits per heavy atom. The van der Waals surface area contributed by atoms with E-state index >= 15 is 0 Å². The Hall–Kier alpha value is -3.34. The summed E-state index contributed by atoms with van der Waals surface area (Å²) < 4.78 is 37.2. The molecule has 0 bridgehead atoms. The number of Topliss-reactive ketones (excluding diaryl/α,β-unsaturated/α-hetero) is 1. The molecule has 1 fully saturated rings. The van der Waals surface area contributed by atoms with Crippen LogP contribution in [0.1, 0.15) is 34.4 Å². The number of hydrogen-bond donors (Lipinski definition) is 2. The lowest BCUT2D eigenvalue weighted by atomic mass is 10.0. The fraction of sp³-hybridized carbons (Fsp3) is 0.333. The van der Waals surface area contributed by atoms with E-state index < -0.39 is 18.4 Å². The Labute approximate surface area is 208 Å². The van der Waals surface area contributed by atoms with Gasteiger partial charge in [0, 0.05) is 45.1 Å². The highest BCUT2D eigenvalue weighted by Crippen LogP contribution is 2.32. The second-order valence-electron chi connectivity index (χ2n) is 8.67. The molecule has 3 heterocycles. The second kappa shape index (κ2) is 10.1. The molecule has 0 atom stereocenters. The lowest BCUT2D eigenvalue weighted by Crippen LogP contribution is -2.41. The van der Waals surface area contributed by atoms with Gasteiger partial charge in [0.25, 0.3) is 0 Å². The Morgan fingerprint density at radius 1 is 1.14 bits per heavy atom. The molecule has 1 aliphatic rings. The Kier molecular flexibility index (Phi) is 7.15. The average molecular weight is 507 g/mol. The Morgan fingerprint density at radius 3 is 2.46 bits per heavy atom. The van der Waals surface area contributed by atoms with Crippen molar-refractivity contribution < 1.29 is 20.8 Å². The zero-order valence-corrected chi connectivity index (χ0v) is 20.3. The molecule has 4 rings (SSSR count). The fourth-order valence-corrected chi connectivity index (χ4v) is 4.25. The molecule has 188 valence electrons. The molecular formula is C24H29F3N6OS. The lowest BCUT2D eigenvalue weighted by molar-refractivity contribution is -0.151. The van der Waals surface area contributed by atoms with Crippen molar-refractivity contribution in [1.29, 1.82) is 0 Å². The zero-order chi connectivity index (χ0) is 25.2. The smallest absolute Gasteiger partial charge is 0.348 e. The van der Waals surface area contributed by atoms with Gasteiger partial charge in [-0.2, -0.15) is 18.3 Å². The maximum absolute atomic E-state index is 12.4. The van der Waals surface area contributed by atoms with Crippen molar-refractivity contribution in [3.8, 4) is 0 Å². The van der Waals surface area contributed by atoms with Gasteiger partial charge < -0.3 is 10.2 Å². The number of benzene rings is 1. The van der Waals surface area contributed by atoms with Crippen molar-refractivity contribution in [2.75, 3.05) is 23.3 Å². The number of carbonyl (C=O) groups is 1. The van der Waals surface area contributed by atoms with Gasteiger partial charge in [0.1, 0.15) is 23.8 Å². The first-order chi connectivity index (χ1) is 16.5. The number of nitrogens with one attached hydrogen (secondary N) is 2. The van der Waals surface area contributed by atoms with Crippen LogP contribution in [0.25, 0.3) is 0 Å². The number of alkyl halides is 3. The molecule has 0 spiro atoms. The fourth-order valence-electron chi connectivity index (χ4n) is 3.49. The summed E-state index contributed by atoms with van der Waals surface area (Å²) in [7, 11) is 0. The third-order valence-corrected chi connectivity index (χ3v) is 6.25. The van der Waals surface area contributed by atoms with E-state index in [1.165, 1.54) is 22.9 Å². The molecule has 1 saturated heterocycles. The molecule has 0 aliphatic carbocycles. The number of rotatable bonds is 8. The van der Waals surface area contributed by atoms with E-state index in [-0.39, 0.29) is 9.27 Å². The van der Waals surface area contributed by atoms with Crippen LogP contribution in [0.4, 0.5) is 30.6 Å². The molecule has 35 heavy (non-hydrogen) atoms. The van der Waals surface area contributed by atoms with E-state index in [0.717, 1.165) is 29.5 Å². The molecule has 1 aliphatic heterocycles. The molecule has 11 heteroatoms. The monoisotopic (exact) mass is 506 g/mol. The van der Waals surface area contributed by atoms with Gasteiger partial charge in [-0.25, -0.2) is 9.97 Å². The van der Waals surface area contributed by atoms with Crippen LogP contribution in [0.2, 0.25) is 0 Å². The maximum Gasteiger partial charge on any atom is 0.395 e. The summed E-state index contributed by atoms with van der Waals surface area (Å²) in [6.45, 7) is 7.73. The molecule has 7 nitrogen and oxygen atoms in total. The largest absolute Gasteiger partial charge is 0.395 e. The summed E-state index contributed by atoms with van der Waals surface area (Å²) >= 11 is 1.33. The Bertz CT molecular complexity index is 1250. The molecule has 2 aromatic heterocycles. The van der Waals surface area contributed by atoms with Gasteiger partial charge in [-0.15, -0.1) is 0 Å². The van der Waals surface area contributed by atoms with Gasteiger partial charge in [0.15, 0.2) is 11.0 Å². The van der Waals surface area contributed by atoms with Crippen molar-refractivity contribution in [3.05, 3.63) is 58.8 Å². The normalized spacial score (nSPS) is 13.5. The summed E-state index contributed by atoms with van der Waals surface area (Å²) in [6.07, 6.45) is -6.16. The number of allylic oxidation sites excluding steroid dienone is 1. The van der Waals surface area contributed by atoms with Gasteiger partial charge in [-0.05, 0) is 55.8 Å². The van der Waals surface area contributed by atoms with E-state index in [1.807, 2.05) is 19.1 Å². The SMILES string of the molecule is CC(C)=C1CN(c2cc(Nc3cc(C)[nH]n3)nc(Sc3ccc(CC(=O)CC(F)(F)F)cc3)n2)C1.[HH].[HH]. The van der Waals surface area contributed by atoms with Crippen LogP contribution in [-0.2, 0) is 11.2 Å². The number of halogens is 3. The van der Waals surface area contributed by atoms with E-state index in [1.54, 1.807) is 24.3 Å². The van der Waals surface area contributed by atoms with Crippen molar-refractivity contribution in [2.24, 2.45) is 0 Å². The molecule has 3 aromatic rings. The number of aryl methyl sites for hydroxylation is 1. The number of hydrogen-bond acceptors (Lipinski definition) is 7. The van der Waals surface area contributed by atoms with Crippen LogP contribution in [0.5, 0.6) is 0 Å². The number of H-pyrrole nitrogens is 1. The van der Waals surface area contributed by atoms with E-state index in [4.69, 9.17) is 4.98 Å². The van der Waals surface area contributed by atoms with Gasteiger partial charge in [0.2, 0.25) is 0 Å². The number of anilines is 3. The molecule has 0 amide bonds. The summed E-state index contributed by atoms with van der Waals surface area (Å²) in [6, 6.07) is 10.6. The standard InChI is InChI=1S/C24H25F3N6OS.2H2/c1-14(2)17-12-33(13-17)22-10-20(28-21-8-15(3)31-32-21)29-23(30-22)35-19-6-4-16(5-7-19)9-18(34)11-24(25,26)27;;/h4-8,10H,9,11-13H2,1-3H3,(H2,28,29,30,31,32);2*1H. The number of aromatic amines is 1. The molecule has 1 aromatic carbocycles. The molecule has 0 saturated carbocycles. The highest BCUT2D eigenvalue weighted by atomic mass is 32.2. The quantitative estimate of drug-likeness (QED) is 0.281. The third kappa shape index (κ3) is 6.84. The van der Waals surface area contributed by atoms with E-state index in [2.05, 4.69) is 39.2 Å². The van der Waals surface area contributed by atoms with Crippen molar-refractivity contribution in [2.45, 2.75) is 49.8 Å². The van der Waals surface area contributed by atoms with Crippen LogP contribution in [-0.4, -0.2) is 45.2 Å². The minimum atomic E-state index is -4.49. The highest BCUT2D eigenvalue weighted by molar-refractivity contribution is 7.99. The van der Waals surface area contributed by atoms with Gasteiger partial charge in [-0.1, -0.05) is 17.7 Å². The van der Waals surface area contributed by atoms with Gasteiger partial charge >= 0.3 is 6.18 Å². The molecule has 2 N–H and O–H groups in total. The summed E-state index contributed by atoms with van der Waals surface area (Å²) in [5, 5.41) is 10.8. The number of carbonyl (C=O) groups excluding carboxylic acids is 1. The van der Waals surface area contributed by atoms with Crippen LogP contribution in [0, 0.1) is 6.92 Å². The minimum Gasteiger partial charge on any atom is -0.348 e. The van der Waals surface area contributed by atoms with Crippen LogP contribution in [0.15, 0.2) is 57.6 Å². The predicted octanol–water partition coefficient (Wildman–Crippen LogP) is 6.12. The average Bonchev–Trinajstić information content (AvgIpc) is 3.11. The number of ketones is 1. The van der Waals surface area contributed by atoms with Crippen LogP contribution in [0.3, 0.4) is 0 Å². The summed E-state index contributed by atoms with van der Waals surface area (Å²) in [5.74, 6) is 1.17. The first-order valence-corrected chi connectivity index (χ1v) is 11.8. The number of nitrogens with zero attached hydrogens (tertiary/aromatic N) is 4. The minimum absolute atomic E-state index is 0. The van der Waals surface area contributed by atoms with Crippen LogP contribution >= 0.6 is 11.8 Å². The van der Waals surface area contributed by atoms with Crippen LogP contribution < -0.4 is 10.2 Å². The third-order valence-electron chi connectivity index (χ3n) is 5.38. The number of aromatic nitrogens is 4. The first kappa shape index (κ1) is 24.8. The molecular weight excluding hydrogens is 477 g/mol. The first-order valence-electron chi connectivity index (χ1n) is 11.0. The topological polar surface area (TPSA) is 86.8 Å². The summed E-state index contributed by atoms with van der Waals surface area (Å²) in [5.41, 5.74) is 4.14. The van der Waals surface area contributed by atoms with Crippen molar-refractivity contribution in [1.82, 2.24) is 20.2 Å².